The number of piperidine rings is 2. The molecule has 2 aliphatic rings. The van der Waals surface area contributed by atoms with E-state index in [-0.39, 0.29) is 17.2 Å². The average molecular weight is 505 g/mol. The third-order valence-electron chi connectivity index (χ3n) is 5.77. The molecule has 0 saturated carbocycles. The van der Waals surface area contributed by atoms with Crippen molar-refractivity contribution in [2.24, 2.45) is 0 Å². The molecule has 0 bridgehead atoms. The van der Waals surface area contributed by atoms with E-state index >= 15 is 0 Å². The van der Waals surface area contributed by atoms with Gasteiger partial charge in [-0.15, -0.1) is 13.2 Å². The molecule has 2 aliphatic heterocycles. The second-order valence-corrected chi connectivity index (χ2v) is 8.98. The maximum Gasteiger partial charge on any atom is 0.573 e. The minimum atomic E-state index is -4.81. The Morgan fingerprint density at radius 1 is 0.758 bits per heavy atom. The molecular weight excluding hydrogens is 480 g/mol. The number of nitrogens with zero attached hydrogens (tertiary/aromatic N) is 2. The molecule has 2 saturated heterocycles. The van der Waals surface area contributed by atoms with E-state index in [1.165, 1.54) is 12.1 Å². The first-order valence-corrected chi connectivity index (χ1v) is 11.6. The molecule has 180 valence electrons. The fraction of sp³-hybridized carbons (Fsp3) is 0.478. The van der Waals surface area contributed by atoms with Crippen LogP contribution in [0.3, 0.4) is 0 Å². The maximum atomic E-state index is 12.5. The van der Waals surface area contributed by atoms with Crippen molar-refractivity contribution >= 4 is 23.2 Å². The molecule has 0 atom stereocenters. The van der Waals surface area contributed by atoms with Crippen molar-refractivity contribution < 1.29 is 27.4 Å². The highest BCUT2D eigenvalue weighted by molar-refractivity contribution is 6.32. The zero-order chi connectivity index (χ0) is 23.4. The molecule has 0 amide bonds. The Labute approximate surface area is 200 Å². The van der Waals surface area contributed by atoms with Crippen LogP contribution in [0.5, 0.6) is 17.2 Å². The van der Waals surface area contributed by atoms with E-state index in [2.05, 4.69) is 14.8 Å². The van der Waals surface area contributed by atoms with Gasteiger partial charge in [-0.05, 0) is 56.0 Å². The summed E-state index contributed by atoms with van der Waals surface area (Å²) in [5.41, 5.74) is 0. The molecule has 0 aliphatic carbocycles. The van der Waals surface area contributed by atoms with Crippen LogP contribution in [-0.2, 0) is 0 Å². The van der Waals surface area contributed by atoms with Crippen molar-refractivity contribution in [3.8, 4) is 17.2 Å². The highest BCUT2D eigenvalue weighted by Crippen LogP contribution is 2.34. The lowest BCUT2D eigenvalue weighted by atomic mass is 10.1. The van der Waals surface area contributed by atoms with Crippen molar-refractivity contribution in [3.63, 3.8) is 0 Å². The van der Waals surface area contributed by atoms with Crippen LogP contribution in [0.2, 0.25) is 10.0 Å². The standard InChI is InChI=1S/C23H25Cl2F3N2O3/c24-16-2-1-3-19(14-16)31-17-6-10-29(11-7-17)30-12-8-18(9-13-30)32-20-4-5-21(25)22(15-20)33-23(26,27)28/h1-5,14-15,17-18H,6-13H2. The molecule has 0 N–H and O–H groups in total. The van der Waals surface area contributed by atoms with Crippen LogP contribution < -0.4 is 14.2 Å². The largest absolute Gasteiger partial charge is 0.573 e. The van der Waals surface area contributed by atoms with Crippen LogP contribution in [0.1, 0.15) is 25.7 Å². The molecule has 2 heterocycles. The predicted octanol–water partition coefficient (Wildman–Crippen LogP) is 6.19. The Balaban J connectivity index is 1.22. The first-order chi connectivity index (χ1) is 15.7. The van der Waals surface area contributed by atoms with E-state index < -0.39 is 12.1 Å². The molecule has 2 fully saturated rings. The van der Waals surface area contributed by atoms with Gasteiger partial charge >= 0.3 is 6.36 Å². The number of hydrazine groups is 1. The summed E-state index contributed by atoms with van der Waals surface area (Å²) in [5, 5.41) is 5.23. The quantitative estimate of drug-likeness (QED) is 0.468. The zero-order valence-corrected chi connectivity index (χ0v) is 19.4. The van der Waals surface area contributed by atoms with Crippen molar-refractivity contribution in [1.29, 1.82) is 0 Å². The van der Waals surface area contributed by atoms with Crippen molar-refractivity contribution in [2.75, 3.05) is 26.2 Å². The van der Waals surface area contributed by atoms with Crippen molar-refractivity contribution in [2.45, 2.75) is 44.3 Å². The minimum Gasteiger partial charge on any atom is -0.490 e. The van der Waals surface area contributed by atoms with Gasteiger partial charge in [-0.25, -0.2) is 10.0 Å². The van der Waals surface area contributed by atoms with Gasteiger partial charge in [-0.2, -0.15) is 0 Å². The highest BCUT2D eigenvalue weighted by atomic mass is 35.5. The van der Waals surface area contributed by atoms with Crippen LogP contribution in [-0.4, -0.2) is 54.8 Å². The van der Waals surface area contributed by atoms with Gasteiger partial charge < -0.3 is 14.2 Å². The summed E-state index contributed by atoms with van der Waals surface area (Å²) in [4.78, 5) is 0. The second kappa shape index (κ2) is 10.6. The topological polar surface area (TPSA) is 34.2 Å². The number of halogens is 5. The van der Waals surface area contributed by atoms with Gasteiger partial charge in [-0.3, -0.25) is 0 Å². The van der Waals surface area contributed by atoms with Gasteiger partial charge in [0.05, 0.1) is 5.02 Å². The summed E-state index contributed by atoms with van der Waals surface area (Å²) in [7, 11) is 0. The number of benzene rings is 2. The van der Waals surface area contributed by atoms with E-state index in [0.717, 1.165) is 57.6 Å². The summed E-state index contributed by atoms with van der Waals surface area (Å²) in [6, 6.07) is 11.6. The smallest absolute Gasteiger partial charge is 0.490 e. The Morgan fingerprint density at radius 2 is 1.30 bits per heavy atom. The lowest BCUT2D eigenvalue weighted by molar-refractivity contribution is -0.274. The van der Waals surface area contributed by atoms with Crippen LogP contribution >= 0.6 is 23.2 Å². The zero-order valence-electron chi connectivity index (χ0n) is 17.9. The number of hydrogen-bond donors (Lipinski definition) is 0. The molecule has 10 heteroatoms. The molecule has 2 aromatic rings. The molecule has 2 aromatic carbocycles. The first kappa shape index (κ1) is 24.3. The van der Waals surface area contributed by atoms with Gasteiger partial charge in [-0.1, -0.05) is 29.3 Å². The van der Waals surface area contributed by atoms with E-state index in [4.69, 9.17) is 32.7 Å². The van der Waals surface area contributed by atoms with E-state index in [9.17, 15) is 13.2 Å². The fourth-order valence-corrected chi connectivity index (χ4v) is 4.51. The molecule has 33 heavy (non-hydrogen) atoms. The molecule has 0 unspecified atom stereocenters. The SMILES string of the molecule is FC(F)(F)Oc1cc(OC2CCN(N3CCC(Oc4cccc(Cl)c4)CC3)CC2)ccc1Cl. The second-order valence-electron chi connectivity index (χ2n) is 8.14. The lowest BCUT2D eigenvalue weighted by Crippen LogP contribution is -2.52. The minimum absolute atomic E-state index is 0.0788. The Morgan fingerprint density at radius 3 is 1.82 bits per heavy atom. The summed E-state index contributed by atoms with van der Waals surface area (Å²) >= 11 is 11.8. The van der Waals surface area contributed by atoms with Crippen molar-refractivity contribution in [3.05, 3.63) is 52.5 Å². The molecular formula is C23H25Cl2F3N2O3. The molecule has 0 spiro atoms. The van der Waals surface area contributed by atoms with Crippen LogP contribution in [0.25, 0.3) is 0 Å². The number of rotatable bonds is 6. The van der Waals surface area contributed by atoms with Gasteiger partial charge in [0.1, 0.15) is 23.7 Å². The third-order valence-corrected chi connectivity index (χ3v) is 6.31. The molecule has 0 aromatic heterocycles. The molecule has 5 nitrogen and oxygen atoms in total. The Bertz CT molecular complexity index is 931. The molecule has 4 rings (SSSR count). The van der Waals surface area contributed by atoms with E-state index in [0.29, 0.717) is 10.8 Å². The highest BCUT2D eigenvalue weighted by Gasteiger charge is 2.33. The van der Waals surface area contributed by atoms with Crippen molar-refractivity contribution in [1.82, 2.24) is 10.0 Å². The van der Waals surface area contributed by atoms with E-state index in [1.54, 1.807) is 6.07 Å². The third kappa shape index (κ3) is 7.06. The van der Waals surface area contributed by atoms with Crippen LogP contribution in [0, 0.1) is 0 Å². The van der Waals surface area contributed by atoms with E-state index in [1.807, 2.05) is 24.3 Å². The lowest BCUT2D eigenvalue weighted by Gasteiger charge is -2.43. The van der Waals surface area contributed by atoms with Gasteiger partial charge in [0.25, 0.3) is 0 Å². The number of alkyl halides is 3. The summed E-state index contributed by atoms with van der Waals surface area (Å²) in [6.07, 6.45) is -1.32. The maximum absolute atomic E-state index is 12.5. The van der Waals surface area contributed by atoms with Gasteiger partial charge in [0, 0.05) is 37.3 Å². The molecule has 0 radical (unpaired) electrons. The van der Waals surface area contributed by atoms with Crippen LogP contribution in [0.15, 0.2) is 42.5 Å². The number of hydrogen-bond acceptors (Lipinski definition) is 5. The fourth-order valence-electron chi connectivity index (χ4n) is 4.17. The summed E-state index contributed by atoms with van der Waals surface area (Å²) in [6.45, 7) is 3.46. The number of ether oxygens (including phenoxy) is 3. The summed E-state index contributed by atoms with van der Waals surface area (Å²) < 4.78 is 53.6. The summed E-state index contributed by atoms with van der Waals surface area (Å²) in [5.74, 6) is 0.656. The Hall–Kier alpha value is -1.87. The Kier molecular flexibility index (Phi) is 7.79. The normalized spacial score (nSPS) is 19.4. The van der Waals surface area contributed by atoms with Gasteiger partial charge in [0.15, 0.2) is 5.75 Å². The first-order valence-electron chi connectivity index (χ1n) is 10.9. The van der Waals surface area contributed by atoms with Gasteiger partial charge in [0.2, 0.25) is 0 Å². The average Bonchev–Trinajstić information content (AvgIpc) is 2.76. The van der Waals surface area contributed by atoms with Crippen LogP contribution in [0.4, 0.5) is 13.2 Å². The predicted molar refractivity (Wildman–Crippen MR) is 120 cm³/mol. The monoisotopic (exact) mass is 504 g/mol.